The van der Waals surface area contributed by atoms with Crippen LogP contribution < -0.4 is 0 Å². The van der Waals surface area contributed by atoms with Crippen molar-refractivity contribution in [1.82, 2.24) is 4.90 Å². The van der Waals surface area contributed by atoms with Gasteiger partial charge in [-0.05, 0) is 65.1 Å². The van der Waals surface area contributed by atoms with Crippen molar-refractivity contribution in [1.29, 1.82) is 0 Å². The molecule has 0 saturated carbocycles. The third kappa shape index (κ3) is 4.30. The summed E-state index contributed by atoms with van der Waals surface area (Å²) >= 11 is 3.64. The molecule has 0 radical (unpaired) electrons. The Balaban J connectivity index is 1.81. The highest BCUT2D eigenvalue weighted by Gasteiger charge is 2.25. The summed E-state index contributed by atoms with van der Waals surface area (Å²) in [7, 11) is 0. The zero-order chi connectivity index (χ0) is 16.2. The molecule has 0 bridgehead atoms. The van der Waals surface area contributed by atoms with E-state index in [-0.39, 0.29) is 17.8 Å². The quantitative estimate of drug-likeness (QED) is 0.642. The van der Waals surface area contributed by atoms with Crippen molar-refractivity contribution in [2.24, 2.45) is 0 Å². The lowest BCUT2D eigenvalue weighted by Gasteiger charge is -2.25. The van der Waals surface area contributed by atoms with Gasteiger partial charge in [0.15, 0.2) is 0 Å². The third-order valence-electron chi connectivity index (χ3n) is 3.82. The summed E-state index contributed by atoms with van der Waals surface area (Å²) in [5.41, 5.74) is 0.543. The van der Waals surface area contributed by atoms with Gasteiger partial charge < -0.3 is 9.64 Å². The minimum absolute atomic E-state index is 0.0710. The van der Waals surface area contributed by atoms with E-state index < -0.39 is 0 Å². The van der Waals surface area contributed by atoms with Crippen LogP contribution in [-0.2, 0) is 11.3 Å². The highest BCUT2D eigenvalue weighted by molar-refractivity contribution is 14.1. The largest absolute Gasteiger partial charge is 0.376 e. The second-order valence-corrected chi connectivity index (χ2v) is 7.72. The lowest BCUT2D eigenvalue weighted by Crippen LogP contribution is -2.37. The molecule has 1 saturated heterocycles. The number of nitrogens with zero attached hydrogens (tertiary/aromatic N) is 1. The molecule has 1 aromatic carbocycles. The Hall–Kier alpha value is -0.990. The maximum Gasteiger partial charge on any atom is 0.255 e. The molecule has 1 fully saturated rings. The monoisotopic (exact) mass is 445 g/mol. The summed E-state index contributed by atoms with van der Waals surface area (Å²) in [6.07, 6.45) is 2.12. The van der Waals surface area contributed by atoms with Crippen molar-refractivity contribution in [3.63, 3.8) is 0 Å². The lowest BCUT2D eigenvalue weighted by atomic mass is 10.1. The summed E-state index contributed by atoms with van der Waals surface area (Å²) in [4.78, 5) is 15.9. The van der Waals surface area contributed by atoms with Gasteiger partial charge in [-0.3, -0.25) is 4.79 Å². The summed E-state index contributed by atoms with van der Waals surface area (Å²) in [5, 5.41) is 2.01. The molecule has 3 nitrogen and oxygen atoms in total. The third-order valence-corrected chi connectivity index (χ3v) is 5.58. The van der Waals surface area contributed by atoms with Gasteiger partial charge in [0.2, 0.25) is 0 Å². The fourth-order valence-corrected chi connectivity index (χ4v) is 4.10. The van der Waals surface area contributed by atoms with E-state index in [9.17, 15) is 9.18 Å². The number of benzene rings is 1. The Labute approximate surface area is 152 Å². The van der Waals surface area contributed by atoms with Crippen LogP contribution in [0.3, 0.4) is 0 Å². The van der Waals surface area contributed by atoms with Gasteiger partial charge in [-0.25, -0.2) is 4.39 Å². The van der Waals surface area contributed by atoms with Crippen LogP contribution in [-0.4, -0.2) is 30.1 Å². The molecule has 1 aromatic heterocycles. The van der Waals surface area contributed by atoms with Gasteiger partial charge in [0.25, 0.3) is 5.91 Å². The molecule has 1 aliphatic heterocycles. The van der Waals surface area contributed by atoms with Crippen molar-refractivity contribution >= 4 is 39.8 Å². The van der Waals surface area contributed by atoms with E-state index >= 15 is 0 Å². The maximum atomic E-state index is 13.3. The molecule has 2 aromatic rings. The fourth-order valence-electron chi connectivity index (χ4n) is 2.68. The predicted molar refractivity (Wildman–Crippen MR) is 97.2 cm³/mol. The van der Waals surface area contributed by atoms with E-state index in [0.717, 1.165) is 24.3 Å². The second kappa shape index (κ2) is 7.72. The van der Waals surface area contributed by atoms with Gasteiger partial charge in [-0.1, -0.05) is 6.07 Å². The van der Waals surface area contributed by atoms with Crippen molar-refractivity contribution in [2.75, 3.05) is 13.2 Å². The number of carbonyl (C=O) groups is 1. The SMILES string of the molecule is O=C(c1ccc(F)cc1I)N(Cc1cccs1)CC1CCCO1. The molecule has 2 heterocycles. The van der Waals surface area contributed by atoms with Crippen LogP contribution in [0.4, 0.5) is 4.39 Å². The number of thiophene rings is 1. The van der Waals surface area contributed by atoms with E-state index in [1.807, 2.05) is 45.0 Å². The first-order valence-corrected chi connectivity index (χ1v) is 9.47. The highest BCUT2D eigenvalue weighted by Crippen LogP contribution is 2.21. The molecule has 1 unspecified atom stereocenters. The van der Waals surface area contributed by atoms with E-state index in [1.165, 1.54) is 12.1 Å². The first-order valence-electron chi connectivity index (χ1n) is 7.52. The summed E-state index contributed by atoms with van der Waals surface area (Å²) in [6.45, 7) is 1.90. The lowest BCUT2D eigenvalue weighted by molar-refractivity contribution is 0.0509. The predicted octanol–water partition coefficient (Wildman–Crippen LogP) is 4.31. The second-order valence-electron chi connectivity index (χ2n) is 5.52. The van der Waals surface area contributed by atoms with Crippen LogP contribution in [0, 0.1) is 9.39 Å². The van der Waals surface area contributed by atoms with Crippen LogP contribution in [0.5, 0.6) is 0 Å². The van der Waals surface area contributed by atoms with Crippen molar-refractivity contribution in [3.8, 4) is 0 Å². The molecule has 1 aliphatic rings. The zero-order valence-electron chi connectivity index (χ0n) is 12.5. The van der Waals surface area contributed by atoms with Crippen molar-refractivity contribution in [3.05, 3.63) is 55.5 Å². The Morgan fingerprint density at radius 2 is 2.30 bits per heavy atom. The average molecular weight is 445 g/mol. The average Bonchev–Trinajstić information content (AvgIpc) is 3.19. The molecule has 122 valence electrons. The number of rotatable bonds is 5. The van der Waals surface area contributed by atoms with Gasteiger partial charge >= 0.3 is 0 Å². The molecule has 0 N–H and O–H groups in total. The smallest absolute Gasteiger partial charge is 0.255 e. The summed E-state index contributed by atoms with van der Waals surface area (Å²) in [6, 6.07) is 8.30. The minimum atomic E-state index is -0.324. The van der Waals surface area contributed by atoms with Crippen LogP contribution in [0.2, 0.25) is 0 Å². The Morgan fingerprint density at radius 1 is 1.43 bits per heavy atom. The van der Waals surface area contributed by atoms with Crippen LogP contribution >= 0.6 is 33.9 Å². The Bertz CT molecular complexity index is 671. The van der Waals surface area contributed by atoms with Gasteiger partial charge in [-0.15, -0.1) is 11.3 Å². The van der Waals surface area contributed by atoms with Crippen LogP contribution in [0.25, 0.3) is 0 Å². The van der Waals surface area contributed by atoms with Crippen molar-refractivity contribution < 1.29 is 13.9 Å². The van der Waals surface area contributed by atoms with E-state index in [4.69, 9.17) is 4.74 Å². The number of ether oxygens (including phenoxy) is 1. The first-order chi connectivity index (χ1) is 11.1. The zero-order valence-corrected chi connectivity index (χ0v) is 15.5. The van der Waals surface area contributed by atoms with Gasteiger partial charge in [-0.2, -0.15) is 0 Å². The molecular weight excluding hydrogens is 428 g/mol. The number of amides is 1. The van der Waals surface area contributed by atoms with Crippen LogP contribution in [0.15, 0.2) is 35.7 Å². The number of hydrogen-bond donors (Lipinski definition) is 0. The first kappa shape index (κ1) is 16.9. The topological polar surface area (TPSA) is 29.5 Å². The van der Waals surface area contributed by atoms with E-state index in [1.54, 1.807) is 17.4 Å². The summed E-state index contributed by atoms with van der Waals surface area (Å²) < 4.78 is 19.6. The molecule has 0 spiro atoms. The molecule has 0 aliphatic carbocycles. The molecule has 6 heteroatoms. The Morgan fingerprint density at radius 3 is 2.96 bits per heavy atom. The molecule has 3 rings (SSSR count). The minimum Gasteiger partial charge on any atom is -0.376 e. The molecule has 23 heavy (non-hydrogen) atoms. The standard InChI is InChI=1S/C17H17FINO2S/c18-12-5-6-15(16(19)9-12)17(21)20(10-13-3-1-7-22-13)11-14-4-2-8-23-14/h2,4-6,8-9,13H,1,3,7,10-11H2. The molecular formula is C17H17FINO2S. The van der Waals surface area contributed by atoms with E-state index in [0.29, 0.717) is 22.2 Å². The van der Waals surface area contributed by atoms with Crippen LogP contribution in [0.1, 0.15) is 28.1 Å². The number of carbonyl (C=O) groups excluding carboxylic acids is 1. The Kier molecular flexibility index (Phi) is 5.66. The molecule has 1 amide bonds. The summed E-state index contributed by atoms with van der Waals surface area (Å²) in [5.74, 6) is -0.395. The maximum absolute atomic E-state index is 13.3. The van der Waals surface area contributed by atoms with Gasteiger partial charge in [0.05, 0.1) is 18.2 Å². The fraction of sp³-hybridized carbons (Fsp3) is 0.353. The molecule has 1 atom stereocenters. The van der Waals surface area contributed by atoms with Gasteiger partial charge in [0.1, 0.15) is 5.82 Å². The number of hydrogen-bond acceptors (Lipinski definition) is 3. The van der Waals surface area contributed by atoms with E-state index in [2.05, 4.69) is 0 Å². The highest BCUT2D eigenvalue weighted by atomic mass is 127. The van der Waals surface area contributed by atoms with Gasteiger partial charge in [0, 0.05) is 21.6 Å². The van der Waals surface area contributed by atoms with Crippen molar-refractivity contribution in [2.45, 2.75) is 25.5 Å². The number of halogens is 2. The normalized spacial score (nSPS) is 17.4.